The van der Waals surface area contributed by atoms with Gasteiger partial charge in [-0.05, 0) is 93.0 Å². The van der Waals surface area contributed by atoms with E-state index in [4.69, 9.17) is 0 Å². The summed E-state index contributed by atoms with van der Waals surface area (Å²) in [6.45, 7) is 5.80. The molecule has 0 amide bonds. The van der Waals surface area contributed by atoms with Crippen molar-refractivity contribution in [3.05, 3.63) is 24.3 Å². The molecule has 27 heavy (non-hydrogen) atoms. The fourth-order valence-corrected chi connectivity index (χ4v) is 7.76. The van der Waals surface area contributed by atoms with Gasteiger partial charge in [-0.2, -0.15) is 0 Å². The number of allylic oxidation sites excluding steroid dienone is 2. The lowest BCUT2D eigenvalue weighted by Crippen LogP contribution is -2.49. The predicted octanol–water partition coefficient (Wildman–Crippen LogP) is 4.50. The maximum Gasteiger partial charge on any atom is 0.161 e. The Morgan fingerprint density at radius 3 is 2.81 bits per heavy atom. The first-order valence-electron chi connectivity index (χ1n) is 11.0. The SMILES string of the molecule is C=CCC1C[C@H]2C(=CC1=O)CC[C@@H]1[C@@H]2CC[C@]2(CC)[C@@H](C(=O)CO)CC[C@@H]12. The molecule has 4 rings (SSSR count). The highest BCUT2D eigenvalue weighted by atomic mass is 16.3. The average Bonchev–Trinajstić information content (AvgIpc) is 3.08. The van der Waals surface area contributed by atoms with Crippen molar-refractivity contribution < 1.29 is 14.7 Å². The van der Waals surface area contributed by atoms with Crippen LogP contribution in [0.1, 0.15) is 64.7 Å². The molecule has 0 radical (unpaired) electrons. The van der Waals surface area contributed by atoms with Crippen molar-refractivity contribution in [2.75, 3.05) is 6.61 Å². The molecule has 3 fully saturated rings. The molecule has 0 aromatic heterocycles. The molecule has 0 saturated heterocycles. The van der Waals surface area contributed by atoms with E-state index in [0.717, 1.165) is 44.9 Å². The molecule has 0 spiro atoms. The molecule has 1 unspecified atom stereocenters. The van der Waals surface area contributed by atoms with Crippen molar-refractivity contribution in [2.24, 2.45) is 40.9 Å². The lowest BCUT2D eigenvalue weighted by molar-refractivity contribution is -0.133. The van der Waals surface area contributed by atoms with Crippen LogP contribution in [0.4, 0.5) is 0 Å². The third-order valence-electron chi connectivity index (χ3n) is 8.89. The minimum atomic E-state index is -0.298. The molecule has 4 aliphatic rings. The first-order valence-corrected chi connectivity index (χ1v) is 11.0. The van der Waals surface area contributed by atoms with E-state index < -0.39 is 0 Å². The number of aliphatic hydroxyl groups excluding tert-OH is 1. The van der Waals surface area contributed by atoms with Crippen LogP contribution < -0.4 is 0 Å². The van der Waals surface area contributed by atoms with Crippen LogP contribution in [0.15, 0.2) is 24.3 Å². The van der Waals surface area contributed by atoms with Gasteiger partial charge in [-0.25, -0.2) is 0 Å². The number of ketones is 2. The first kappa shape index (κ1) is 19.1. The summed E-state index contributed by atoms with van der Waals surface area (Å²) < 4.78 is 0. The van der Waals surface area contributed by atoms with Gasteiger partial charge in [-0.3, -0.25) is 9.59 Å². The highest BCUT2D eigenvalue weighted by molar-refractivity contribution is 5.93. The second-order valence-electron chi connectivity index (χ2n) is 9.54. The van der Waals surface area contributed by atoms with Gasteiger partial charge in [0.25, 0.3) is 0 Å². The monoisotopic (exact) mass is 370 g/mol. The van der Waals surface area contributed by atoms with E-state index in [2.05, 4.69) is 13.5 Å². The summed E-state index contributed by atoms with van der Waals surface area (Å²) in [6.07, 6.45) is 13.4. The van der Waals surface area contributed by atoms with Crippen LogP contribution in [-0.4, -0.2) is 23.3 Å². The van der Waals surface area contributed by atoms with E-state index >= 15 is 0 Å². The van der Waals surface area contributed by atoms with E-state index in [1.807, 2.05) is 12.2 Å². The molecule has 148 valence electrons. The van der Waals surface area contributed by atoms with Gasteiger partial charge < -0.3 is 5.11 Å². The van der Waals surface area contributed by atoms with Crippen LogP contribution in [0.5, 0.6) is 0 Å². The van der Waals surface area contributed by atoms with Gasteiger partial charge in [0.15, 0.2) is 11.6 Å². The van der Waals surface area contributed by atoms with Crippen LogP contribution in [0.2, 0.25) is 0 Å². The third kappa shape index (κ3) is 2.88. The quantitative estimate of drug-likeness (QED) is 0.725. The van der Waals surface area contributed by atoms with E-state index in [1.165, 1.54) is 18.4 Å². The van der Waals surface area contributed by atoms with Crippen molar-refractivity contribution in [3.8, 4) is 0 Å². The van der Waals surface area contributed by atoms with Crippen molar-refractivity contribution in [1.82, 2.24) is 0 Å². The van der Waals surface area contributed by atoms with Crippen molar-refractivity contribution in [3.63, 3.8) is 0 Å². The number of hydrogen-bond donors (Lipinski definition) is 1. The van der Waals surface area contributed by atoms with Gasteiger partial charge in [0, 0.05) is 11.8 Å². The maximum absolute atomic E-state index is 12.5. The van der Waals surface area contributed by atoms with E-state index in [1.54, 1.807) is 0 Å². The normalized spacial score (nSPS) is 43.3. The Hall–Kier alpha value is -1.22. The second kappa shape index (κ2) is 7.31. The molecule has 0 heterocycles. The standard InChI is InChI=1S/C24H34O3/c1-3-5-16-12-19-15(13-22(16)26)6-7-18-17(19)10-11-24(4-2)20(18)8-9-21(24)23(27)14-25/h3,13,16-21,25H,1,4-12,14H2,2H3/t16?,17-,18+,19-,20-,21+,24-/m0/s1. The third-order valence-corrected chi connectivity index (χ3v) is 8.89. The molecule has 1 N–H and O–H groups in total. The number of hydrogen-bond acceptors (Lipinski definition) is 3. The zero-order valence-corrected chi connectivity index (χ0v) is 16.7. The molecule has 0 aliphatic heterocycles. The highest BCUT2D eigenvalue weighted by Gasteiger charge is 2.59. The van der Waals surface area contributed by atoms with Crippen LogP contribution in [0.25, 0.3) is 0 Å². The number of carbonyl (C=O) groups excluding carboxylic acids is 2. The number of fused-ring (bicyclic) bond motifs is 5. The Labute approximate surface area is 163 Å². The van der Waals surface area contributed by atoms with Crippen LogP contribution in [0.3, 0.4) is 0 Å². The van der Waals surface area contributed by atoms with Crippen LogP contribution >= 0.6 is 0 Å². The molecule has 3 heteroatoms. The van der Waals surface area contributed by atoms with E-state index in [-0.39, 0.29) is 29.6 Å². The maximum atomic E-state index is 12.5. The topological polar surface area (TPSA) is 54.4 Å². The Morgan fingerprint density at radius 1 is 1.30 bits per heavy atom. The summed E-state index contributed by atoms with van der Waals surface area (Å²) in [5.74, 6) is 3.13. The number of carbonyl (C=O) groups is 2. The Bertz CT molecular complexity index is 663. The second-order valence-corrected chi connectivity index (χ2v) is 9.54. The Kier molecular flexibility index (Phi) is 5.18. The molecule has 3 nitrogen and oxygen atoms in total. The number of Topliss-reactive ketones (excluding diaryl/α,β-unsaturated/α-hetero) is 1. The van der Waals surface area contributed by atoms with Crippen molar-refractivity contribution in [2.45, 2.75) is 64.7 Å². The first-order chi connectivity index (χ1) is 13.1. The summed E-state index contributed by atoms with van der Waals surface area (Å²) in [5.41, 5.74) is 1.53. The summed E-state index contributed by atoms with van der Waals surface area (Å²) in [5, 5.41) is 9.49. The lowest BCUT2D eigenvalue weighted by Gasteiger charge is -2.55. The van der Waals surface area contributed by atoms with Gasteiger partial charge in [-0.1, -0.05) is 18.6 Å². The van der Waals surface area contributed by atoms with Crippen molar-refractivity contribution in [1.29, 1.82) is 0 Å². The zero-order chi connectivity index (χ0) is 19.2. The average molecular weight is 371 g/mol. The minimum absolute atomic E-state index is 0.0665. The fraction of sp³-hybridized carbons (Fsp3) is 0.750. The minimum Gasteiger partial charge on any atom is -0.389 e. The summed E-state index contributed by atoms with van der Waals surface area (Å²) in [4.78, 5) is 24.9. The number of aliphatic hydroxyl groups is 1. The van der Waals surface area contributed by atoms with Gasteiger partial charge in [0.05, 0.1) is 0 Å². The highest BCUT2D eigenvalue weighted by Crippen LogP contribution is 2.65. The zero-order valence-electron chi connectivity index (χ0n) is 16.7. The largest absolute Gasteiger partial charge is 0.389 e. The van der Waals surface area contributed by atoms with Gasteiger partial charge >= 0.3 is 0 Å². The smallest absolute Gasteiger partial charge is 0.161 e. The Balaban J connectivity index is 1.60. The molecule has 0 aromatic carbocycles. The van der Waals surface area contributed by atoms with Gasteiger partial charge in [-0.15, -0.1) is 6.58 Å². The summed E-state index contributed by atoms with van der Waals surface area (Å²) in [7, 11) is 0. The summed E-state index contributed by atoms with van der Waals surface area (Å²) in [6, 6.07) is 0. The molecule has 0 aromatic rings. The molecule has 0 bridgehead atoms. The molecule has 7 atom stereocenters. The van der Waals surface area contributed by atoms with Gasteiger partial charge in [0.1, 0.15) is 6.61 Å². The molecular weight excluding hydrogens is 336 g/mol. The lowest BCUT2D eigenvalue weighted by atomic mass is 9.49. The van der Waals surface area contributed by atoms with Gasteiger partial charge in [0.2, 0.25) is 0 Å². The van der Waals surface area contributed by atoms with Crippen molar-refractivity contribution >= 4 is 11.6 Å². The predicted molar refractivity (Wildman–Crippen MR) is 106 cm³/mol. The molecule has 4 aliphatic carbocycles. The summed E-state index contributed by atoms with van der Waals surface area (Å²) >= 11 is 0. The Morgan fingerprint density at radius 2 is 2.11 bits per heavy atom. The van der Waals surface area contributed by atoms with Crippen LogP contribution in [-0.2, 0) is 9.59 Å². The van der Waals surface area contributed by atoms with E-state index in [9.17, 15) is 14.7 Å². The fourth-order valence-electron chi connectivity index (χ4n) is 7.76. The molecular formula is C24H34O3. The number of rotatable bonds is 5. The van der Waals surface area contributed by atoms with Crippen LogP contribution in [0, 0.1) is 40.9 Å². The van der Waals surface area contributed by atoms with E-state index in [0.29, 0.717) is 29.5 Å². The molecule has 3 saturated carbocycles.